The van der Waals surface area contributed by atoms with Gasteiger partial charge in [-0.15, -0.1) is 0 Å². The summed E-state index contributed by atoms with van der Waals surface area (Å²) in [5, 5.41) is 0. The summed E-state index contributed by atoms with van der Waals surface area (Å²) in [5.41, 5.74) is 1.48. The molecular weight excluding hydrogens is 400 g/mol. The molecule has 0 saturated carbocycles. The third-order valence-corrected chi connectivity index (χ3v) is 19.0. The molecule has 0 aliphatic carbocycles. The van der Waals surface area contributed by atoms with Gasteiger partial charge in [-0.2, -0.15) is 0 Å². The van der Waals surface area contributed by atoms with Crippen molar-refractivity contribution in [3.05, 3.63) is 0 Å². The molecule has 0 spiro atoms. The number of hydrogen-bond donors (Lipinski definition) is 0. The first kappa shape index (κ1) is 24.9. The Balaban J connectivity index is 5.76. The van der Waals surface area contributed by atoms with Crippen LogP contribution < -0.4 is 0 Å². The van der Waals surface area contributed by atoms with Crippen LogP contribution in [-0.2, 0) is 33.0 Å². The van der Waals surface area contributed by atoms with Gasteiger partial charge in [0.1, 0.15) is 0 Å². The van der Waals surface area contributed by atoms with Gasteiger partial charge in [0.25, 0.3) is 0 Å². The summed E-state index contributed by atoms with van der Waals surface area (Å²) in [6.45, 7) is 22.1. The van der Waals surface area contributed by atoms with Gasteiger partial charge in [0.2, 0.25) is 0 Å². The molecule has 0 aromatic carbocycles. The van der Waals surface area contributed by atoms with Crippen LogP contribution in [0.1, 0.15) is 81.6 Å². The average molecular weight is 442 g/mol. The Hall–Kier alpha value is 0.940. The van der Waals surface area contributed by atoms with E-state index in [1.54, 1.807) is 0 Å². The van der Waals surface area contributed by atoms with E-state index >= 15 is 0 Å². The molecule has 0 aromatic rings. The Morgan fingerprint density at radius 2 is 0.917 bits per heavy atom. The Morgan fingerprint density at radius 1 is 0.625 bits per heavy atom. The van der Waals surface area contributed by atoms with Crippen LogP contribution in [0.5, 0.6) is 0 Å². The van der Waals surface area contributed by atoms with E-state index in [0.29, 0.717) is 36.4 Å². The fourth-order valence-corrected chi connectivity index (χ4v) is 22.5. The van der Waals surface area contributed by atoms with E-state index in [9.17, 15) is 0 Å². The molecule has 0 bridgehead atoms. The van der Waals surface area contributed by atoms with Crippen molar-refractivity contribution in [1.29, 1.82) is 0 Å². The molecule has 0 saturated heterocycles. The van der Waals surface area contributed by atoms with E-state index in [1.165, 1.54) is 0 Å². The van der Waals surface area contributed by atoms with Crippen LogP contribution in [-0.4, -0.2) is 28.1 Å². The minimum absolute atomic E-state index is 0.495. The van der Waals surface area contributed by atoms with Gasteiger partial charge >= 0.3 is 159 Å². The second kappa shape index (κ2) is 12.3. The normalized spacial score (nSPS) is 13.5. The SMILES string of the molecule is CCC[O][Zr]([O]CCC)([O]CCC)[O][Si](C(C)C)(C(C)C)C(C)C. The molecule has 0 radical (unpaired) electrons. The molecule has 0 amide bonds. The number of hydrogen-bond acceptors (Lipinski definition) is 4. The molecular formula is C18H42O4SiZr. The van der Waals surface area contributed by atoms with Crippen LogP contribution in [0.25, 0.3) is 0 Å². The Bertz CT molecular complexity index is 281. The van der Waals surface area contributed by atoms with Crippen LogP contribution >= 0.6 is 0 Å². The van der Waals surface area contributed by atoms with Crippen molar-refractivity contribution in [1.82, 2.24) is 0 Å². The molecule has 0 unspecified atom stereocenters. The maximum atomic E-state index is 7.00. The summed E-state index contributed by atoms with van der Waals surface area (Å²) >= 11 is -4.02. The Kier molecular flexibility index (Phi) is 12.8. The van der Waals surface area contributed by atoms with E-state index in [4.69, 9.17) is 10.9 Å². The van der Waals surface area contributed by atoms with Crippen LogP contribution in [0.2, 0.25) is 16.6 Å². The molecule has 0 fully saturated rings. The predicted octanol–water partition coefficient (Wildman–Crippen LogP) is 6.27. The summed E-state index contributed by atoms with van der Waals surface area (Å²) in [7, 11) is -2.09. The second-order valence-electron chi connectivity index (χ2n) is 7.47. The van der Waals surface area contributed by atoms with Crippen molar-refractivity contribution in [3.63, 3.8) is 0 Å². The maximum absolute atomic E-state index is 7.00. The molecule has 146 valence electrons. The standard InChI is InChI=1S/C9H21OSi.3C3H7O.Zr/c1-7(2)11(10,8(3)4)9(5)6;3*1-2-3-4;/h7-9H,1-6H3;3*2-3H2,1H3;/q4*-1;+4. The van der Waals surface area contributed by atoms with Crippen molar-refractivity contribution in [2.24, 2.45) is 0 Å². The first-order chi connectivity index (χ1) is 11.2. The van der Waals surface area contributed by atoms with Crippen molar-refractivity contribution in [2.45, 2.75) is 98.2 Å². The van der Waals surface area contributed by atoms with E-state index in [2.05, 4.69) is 62.3 Å². The summed E-state index contributed by atoms with van der Waals surface area (Å²) in [5.74, 6) is 0. The monoisotopic (exact) mass is 440 g/mol. The third-order valence-electron chi connectivity index (χ3n) is 4.46. The fraction of sp³-hybridized carbons (Fsp3) is 1.00. The predicted molar refractivity (Wildman–Crippen MR) is 101 cm³/mol. The Morgan fingerprint density at radius 3 is 1.12 bits per heavy atom. The van der Waals surface area contributed by atoms with Gasteiger partial charge < -0.3 is 0 Å². The van der Waals surface area contributed by atoms with Gasteiger partial charge in [-0.1, -0.05) is 0 Å². The molecule has 24 heavy (non-hydrogen) atoms. The van der Waals surface area contributed by atoms with Crippen LogP contribution in [0.15, 0.2) is 0 Å². The molecule has 0 N–H and O–H groups in total. The summed E-state index contributed by atoms with van der Waals surface area (Å²) in [4.78, 5) is 0. The molecule has 0 heterocycles. The molecule has 0 atom stereocenters. The molecule has 4 nitrogen and oxygen atoms in total. The van der Waals surface area contributed by atoms with Crippen LogP contribution in [0, 0.1) is 0 Å². The molecule has 0 aliphatic heterocycles. The van der Waals surface area contributed by atoms with E-state index in [0.717, 1.165) is 19.3 Å². The molecule has 0 rings (SSSR count). The molecule has 6 heteroatoms. The van der Waals surface area contributed by atoms with Gasteiger partial charge in [-0.25, -0.2) is 0 Å². The van der Waals surface area contributed by atoms with Gasteiger partial charge in [-0.3, -0.25) is 0 Å². The van der Waals surface area contributed by atoms with Crippen LogP contribution in [0.4, 0.5) is 0 Å². The number of rotatable bonds is 14. The van der Waals surface area contributed by atoms with Crippen LogP contribution in [0.3, 0.4) is 0 Å². The van der Waals surface area contributed by atoms with E-state index < -0.39 is 30.3 Å². The topological polar surface area (TPSA) is 36.9 Å². The zero-order chi connectivity index (χ0) is 18.8. The van der Waals surface area contributed by atoms with Crippen molar-refractivity contribution in [3.8, 4) is 0 Å². The summed E-state index contributed by atoms with van der Waals surface area (Å²) < 4.78 is 25.8. The van der Waals surface area contributed by atoms with E-state index in [1.807, 2.05) is 0 Å². The zero-order valence-corrected chi connectivity index (χ0v) is 21.1. The quantitative estimate of drug-likeness (QED) is 0.298. The first-order valence-corrected chi connectivity index (χ1v) is 16.0. The minimum atomic E-state index is -4.02. The van der Waals surface area contributed by atoms with Gasteiger partial charge in [0, 0.05) is 0 Å². The third kappa shape index (κ3) is 6.92. The van der Waals surface area contributed by atoms with Crippen molar-refractivity contribution in [2.75, 3.05) is 19.8 Å². The Labute approximate surface area is 159 Å². The summed E-state index contributed by atoms with van der Waals surface area (Å²) in [6, 6.07) is 0. The van der Waals surface area contributed by atoms with Gasteiger partial charge in [-0.05, 0) is 0 Å². The molecule has 0 aromatic heterocycles. The van der Waals surface area contributed by atoms with Gasteiger partial charge in [0.05, 0.1) is 0 Å². The van der Waals surface area contributed by atoms with E-state index in [-0.39, 0.29) is 0 Å². The second-order valence-corrected chi connectivity index (χ2v) is 18.9. The zero-order valence-electron chi connectivity index (χ0n) is 17.6. The van der Waals surface area contributed by atoms with Crippen molar-refractivity contribution < 1.29 is 33.0 Å². The summed E-state index contributed by atoms with van der Waals surface area (Å²) in [6.07, 6.45) is 2.85. The van der Waals surface area contributed by atoms with Crippen molar-refractivity contribution >= 4 is 8.32 Å². The molecule has 0 aliphatic rings. The fourth-order valence-electron chi connectivity index (χ4n) is 3.46. The van der Waals surface area contributed by atoms with Gasteiger partial charge in [0.15, 0.2) is 0 Å². The average Bonchev–Trinajstić information content (AvgIpc) is 2.52. The first-order valence-electron chi connectivity index (χ1n) is 9.84.